The summed E-state index contributed by atoms with van der Waals surface area (Å²) >= 11 is 6.98. The van der Waals surface area contributed by atoms with E-state index in [4.69, 9.17) is 17.0 Å². The van der Waals surface area contributed by atoms with Gasteiger partial charge < -0.3 is 9.64 Å². The predicted octanol–water partition coefficient (Wildman–Crippen LogP) is 2.15. The normalized spacial score (nSPS) is 17.9. The van der Waals surface area contributed by atoms with Gasteiger partial charge in [0.25, 0.3) is 0 Å². The molecule has 2 aliphatic rings. The summed E-state index contributed by atoms with van der Waals surface area (Å²) in [5.41, 5.74) is 1.16. The number of methoxy groups -OCH3 is 1. The second-order valence-electron chi connectivity index (χ2n) is 3.59. The monoisotopic (exact) mass is 250 g/mol. The van der Waals surface area contributed by atoms with Crippen LogP contribution in [0.5, 0.6) is 5.75 Å². The van der Waals surface area contributed by atoms with Gasteiger partial charge in [-0.1, -0.05) is 24.0 Å². The Kier molecular flexibility index (Phi) is 2.37. The maximum Gasteiger partial charge on any atom is 0.146 e. The van der Waals surface area contributed by atoms with Gasteiger partial charge in [-0.15, -0.1) is 0 Å². The molecule has 16 heavy (non-hydrogen) atoms. The van der Waals surface area contributed by atoms with E-state index < -0.39 is 0 Å². The van der Waals surface area contributed by atoms with Crippen molar-refractivity contribution in [3.8, 4) is 5.75 Å². The van der Waals surface area contributed by atoms with E-state index in [-0.39, 0.29) is 0 Å². The molecule has 0 unspecified atom stereocenters. The Hall–Kier alpha value is -1.07. The van der Waals surface area contributed by atoms with Crippen molar-refractivity contribution in [1.82, 2.24) is 4.90 Å². The number of ether oxygens (including phenoxy) is 1. The number of thiocarbonyl (C=S) groups is 1. The quantitative estimate of drug-likeness (QED) is 0.713. The Morgan fingerprint density at radius 1 is 1.50 bits per heavy atom. The number of nitrogens with zero attached hydrogens (tertiary/aromatic N) is 2. The first-order valence-corrected chi connectivity index (χ1v) is 6.24. The van der Waals surface area contributed by atoms with Crippen LogP contribution in [-0.4, -0.2) is 35.3 Å². The van der Waals surface area contributed by atoms with Crippen LogP contribution in [0.1, 0.15) is 5.56 Å². The Morgan fingerprint density at radius 2 is 2.38 bits per heavy atom. The van der Waals surface area contributed by atoms with Crippen LogP contribution in [-0.2, 0) is 0 Å². The van der Waals surface area contributed by atoms with Gasteiger partial charge in [-0.25, -0.2) is 0 Å². The van der Waals surface area contributed by atoms with Crippen LogP contribution in [0.25, 0.3) is 0 Å². The van der Waals surface area contributed by atoms with E-state index >= 15 is 0 Å². The van der Waals surface area contributed by atoms with Gasteiger partial charge >= 0.3 is 0 Å². The molecule has 0 N–H and O–H groups in total. The molecule has 0 atom stereocenters. The third kappa shape index (κ3) is 1.43. The van der Waals surface area contributed by atoms with Gasteiger partial charge in [0.2, 0.25) is 0 Å². The number of benzene rings is 1. The minimum Gasteiger partial charge on any atom is -0.497 e. The SMILES string of the molecule is COc1ccc2c(c1)SC(=S)N1CCN=C21. The van der Waals surface area contributed by atoms with Crippen molar-refractivity contribution in [3.63, 3.8) is 0 Å². The van der Waals surface area contributed by atoms with Crippen molar-refractivity contribution >= 4 is 34.1 Å². The van der Waals surface area contributed by atoms with E-state index in [2.05, 4.69) is 16.0 Å². The minimum absolute atomic E-state index is 0.835. The van der Waals surface area contributed by atoms with E-state index in [9.17, 15) is 0 Å². The summed E-state index contributed by atoms with van der Waals surface area (Å²) < 4.78 is 6.10. The highest BCUT2D eigenvalue weighted by molar-refractivity contribution is 8.23. The molecule has 0 aliphatic carbocycles. The van der Waals surface area contributed by atoms with Crippen LogP contribution >= 0.6 is 24.0 Å². The fraction of sp³-hybridized carbons (Fsp3) is 0.273. The Labute approximate surface area is 103 Å². The van der Waals surface area contributed by atoms with Crippen molar-refractivity contribution < 1.29 is 4.74 Å². The molecule has 0 bridgehead atoms. The van der Waals surface area contributed by atoms with E-state index in [1.165, 1.54) is 0 Å². The maximum atomic E-state index is 5.37. The Balaban J connectivity index is 2.13. The smallest absolute Gasteiger partial charge is 0.146 e. The zero-order chi connectivity index (χ0) is 11.1. The number of thioether (sulfide) groups is 1. The molecular weight excluding hydrogens is 240 g/mol. The van der Waals surface area contributed by atoms with Gasteiger partial charge in [0.1, 0.15) is 15.9 Å². The van der Waals surface area contributed by atoms with Crippen LogP contribution in [0, 0.1) is 0 Å². The highest BCUT2D eigenvalue weighted by atomic mass is 32.2. The van der Waals surface area contributed by atoms with Gasteiger partial charge in [-0.3, -0.25) is 4.99 Å². The molecule has 1 aromatic carbocycles. The highest BCUT2D eigenvalue weighted by Crippen LogP contribution is 2.36. The summed E-state index contributed by atoms with van der Waals surface area (Å²) in [7, 11) is 1.67. The van der Waals surface area contributed by atoms with Crippen LogP contribution in [0.15, 0.2) is 28.1 Å². The Bertz CT molecular complexity index is 499. The number of aliphatic imine (C=N–C) groups is 1. The fourth-order valence-electron chi connectivity index (χ4n) is 1.90. The van der Waals surface area contributed by atoms with Gasteiger partial charge in [0, 0.05) is 17.0 Å². The number of hydrogen-bond acceptors (Lipinski definition) is 4. The summed E-state index contributed by atoms with van der Waals surface area (Å²) in [6, 6.07) is 6.04. The lowest BCUT2D eigenvalue weighted by Crippen LogP contribution is -2.35. The van der Waals surface area contributed by atoms with Crippen molar-refractivity contribution in [3.05, 3.63) is 23.8 Å². The minimum atomic E-state index is 0.835. The zero-order valence-electron chi connectivity index (χ0n) is 8.77. The van der Waals surface area contributed by atoms with Crippen molar-refractivity contribution in [1.29, 1.82) is 0 Å². The average molecular weight is 250 g/mol. The van der Waals surface area contributed by atoms with Crippen LogP contribution in [0.3, 0.4) is 0 Å². The molecule has 0 saturated carbocycles. The number of hydrogen-bond donors (Lipinski definition) is 0. The third-order valence-corrected chi connectivity index (χ3v) is 4.11. The molecular formula is C11H10N2OS2. The topological polar surface area (TPSA) is 24.8 Å². The van der Waals surface area contributed by atoms with Gasteiger partial charge in [0.05, 0.1) is 13.7 Å². The van der Waals surface area contributed by atoms with E-state index in [1.807, 2.05) is 12.1 Å². The van der Waals surface area contributed by atoms with Gasteiger partial charge in [-0.2, -0.15) is 0 Å². The van der Waals surface area contributed by atoms with Crippen LogP contribution < -0.4 is 4.74 Å². The molecule has 1 aromatic rings. The number of fused-ring (bicyclic) bond motifs is 3. The number of amidine groups is 1. The molecule has 82 valence electrons. The molecule has 0 fully saturated rings. The fourth-order valence-corrected chi connectivity index (χ4v) is 3.27. The summed E-state index contributed by atoms with van der Waals surface area (Å²) in [4.78, 5) is 7.75. The van der Waals surface area contributed by atoms with Gasteiger partial charge in [0.15, 0.2) is 0 Å². The van der Waals surface area contributed by atoms with Crippen molar-refractivity contribution in [2.24, 2.45) is 4.99 Å². The van der Waals surface area contributed by atoms with Gasteiger partial charge in [-0.05, 0) is 18.2 Å². The lowest BCUT2D eigenvalue weighted by Gasteiger charge is -2.27. The van der Waals surface area contributed by atoms with Crippen molar-refractivity contribution in [2.45, 2.75) is 4.90 Å². The largest absolute Gasteiger partial charge is 0.497 e. The summed E-state index contributed by atoms with van der Waals surface area (Å²) in [5, 5.41) is 0. The molecule has 0 spiro atoms. The van der Waals surface area contributed by atoms with E-state index in [0.717, 1.165) is 39.5 Å². The van der Waals surface area contributed by atoms with E-state index in [0.29, 0.717) is 0 Å². The molecule has 2 aliphatic heterocycles. The zero-order valence-corrected chi connectivity index (χ0v) is 10.4. The molecule has 0 amide bonds. The summed E-state index contributed by atoms with van der Waals surface area (Å²) in [5.74, 6) is 1.88. The first-order valence-electron chi connectivity index (χ1n) is 5.02. The first kappa shape index (κ1) is 10.1. The second kappa shape index (κ2) is 3.75. The third-order valence-electron chi connectivity index (χ3n) is 2.69. The first-order chi connectivity index (χ1) is 7.79. The molecule has 5 heteroatoms. The standard InChI is InChI=1S/C11H10N2OS2/c1-14-7-2-3-8-9(6-7)16-11(15)13-5-4-12-10(8)13/h2-3,6H,4-5H2,1H3. The summed E-state index contributed by atoms with van der Waals surface area (Å²) in [6.07, 6.45) is 0. The Morgan fingerprint density at radius 3 is 3.19 bits per heavy atom. The lowest BCUT2D eigenvalue weighted by molar-refractivity contribution is 0.413. The highest BCUT2D eigenvalue weighted by Gasteiger charge is 2.30. The van der Waals surface area contributed by atoms with E-state index in [1.54, 1.807) is 18.9 Å². The van der Waals surface area contributed by atoms with Crippen LogP contribution in [0.2, 0.25) is 0 Å². The summed E-state index contributed by atoms with van der Waals surface area (Å²) in [6.45, 7) is 1.74. The molecule has 3 rings (SSSR count). The second-order valence-corrected chi connectivity index (χ2v) is 5.26. The maximum absolute atomic E-state index is 5.37. The molecule has 3 nitrogen and oxygen atoms in total. The predicted molar refractivity (Wildman–Crippen MR) is 69.6 cm³/mol. The molecule has 0 radical (unpaired) electrons. The van der Waals surface area contributed by atoms with Crippen molar-refractivity contribution in [2.75, 3.05) is 20.2 Å². The molecule has 0 saturated heterocycles. The molecule has 0 aromatic heterocycles. The van der Waals surface area contributed by atoms with Crippen LogP contribution in [0.4, 0.5) is 0 Å². The lowest BCUT2D eigenvalue weighted by atomic mass is 10.2. The molecule has 2 heterocycles. The average Bonchev–Trinajstić information content (AvgIpc) is 2.78. The number of rotatable bonds is 1.